The number of alkyl carbamates (subject to hydrolysis) is 1. The molecule has 0 aromatic heterocycles. The highest BCUT2D eigenvalue weighted by Gasteiger charge is 2.49. The van der Waals surface area contributed by atoms with Gasteiger partial charge >= 0.3 is 12.1 Å². The fourth-order valence-corrected chi connectivity index (χ4v) is 3.21. The highest BCUT2D eigenvalue weighted by atomic mass is 16.6. The van der Waals surface area contributed by atoms with Crippen LogP contribution in [0.5, 0.6) is 0 Å². The van der Waals surface area contributed by atoms with Crippen LogP contribution in [0.2, 0.25) is 0 Å². The summed E-state index contributed by atoms with van der Waals surface area (Å²) >= 11 is 0. The minimum Gasteiger partial charge on any atom is -0.479 e. The Balaban J connectivity index is 2.09. The van der Waals surface area contributed by atoms with Crippen molar-refractivity contribution in [3.8, 4) is 0 Å². The summed E-state index contributed by atoms with van der Waals surface area (Å²) < 4.78 is 5.11. The van der Waals surface area contributed by atoms with Gasteiger partial charge < -0.3 is 20.1 Å². The number of carboxylic acids is 1. The molecule has 1 heterocycles. The number of nitrogens with one attached hydrogen (secondary N) is 1. The van der Waals surface area contributed by atoms with Crippen LogP contribution in [-0.2, 0) is 20.7 Å². The maximum atomic E-state index is 12.6. The zero-order valence-electron chi connectivity index (χ0n) is 15.4. The molecule has 1 aliphatic rings. The Bertz CT molecular complexity index is 668. The smallest absolute Gasteiger partial charge is 0.408 e. The maximum Gasteiger partial charge on any atom is 0.408 e. The SMILES string of the molecule is CC(C)(C)OC(=O)NCC(=O)N1CCC[C@@]1(Cc1ccccc1)C(=O)O. The molecule has 1 atom stereocenters. The first kappa shape index (κ1) is 19.8. The Morgan fingerprint density at radius 1 is 1.23 bits per heavy atom. The predicted octanol–water partition coefficient (Wildman–Crippen LogP) is 2.20. The largest absolute Gasteiger partial charge is 0.479 e. The van der Waals surface area contributed by atoms with E-state index in [9.17, 15) is 19.5 Å². The Morgan fingerprint density at radius 3 is 2.46 bits per heavy atom. The fourth-order valence-electron chi connectivity index (χ4n) is 3.21. The van der Waals surface area contributed by atoms with Gasteiger partial charge in [0.15, 0.2) is 0 Å². The summed E-state index contributed by atoms with van der Waals surface area (Å²) in [5.41, 5.74) is -1.10. The molecule has 0 spiro atoms. The summed E-state index contributed by atoms with van der Waals surface area (Å²) in [7, 11) is 0. The first-order chi connectivity index (χ1) is 12.1. The second-order valence-corrected chi connectivity index (χ2v) is 7.50. The summed E-state index contributed by atoms with van der Waals surface area (Å²) in [5, 5.41) is 12.3. The lowest BCUT2D eigenvalue weighted by atomic mass is 9.88. The van der Waals surface area contributed by atoms with Gasteiger partial charge in [-0.3, -0.25) is 4.79 Å². The van der Waals surface area contributed by atoms with Crippen LogP contribution in [0.4, 0.5) is 4.79 Å². The highest BCUT2D eigenvalue weighted by molar-refractivity contribution is 5.90. The second-order valence-electron chi connectivity index (χ2n) is 7.50. The van der Waals surface area contributed by atoms with Crippen molar-refractivity contribution in [2.45, 2.75) is 51.2 Å². The molecule has 1 aromatic rings. The van der Waals surface area contributed by atoms with E-state index in [-0.39, 0.29) is 13.0 Å². The maximum absolute atomic E-state index is 12.6. The molecule has 0 radical (unpaired) electrons. The summed E-state index contributed by atoms with van der Waals surface area (Å²) in [5.74, 6) is -1.45. The molecule has 0 unspecified atom stereocenters. The topological polar surface area (TPSA) is 95.9 Å². The minimum atomic E-state index is -1.28. The summed E-state index contributed by atoms with van der Waals surface area (Å²) in [6.07, 6.45) is 0.530. The number of hydrogen-bond acceptors (Lipinski definition) is 4. The van der Waals surface area contributed by atoms with Crippen molar-refractivity contribution in [2.75, 3.05) is 13.1 Å². The third-order valence-electron chi connectivity index (χ3n) is 4.31. The molecular formula is C19H26N2O5. The van der Waals surface area contributed by atoms with Crippen molar-refractivity contribution in [3.05, 3.63) is 35.9 Å². The number of hydrogen-bond donors (Lipinski definition) is 2. The van der Waals surface area contributed by atoms with Crippen LogP contribution in [-0.4, -0.2) is 52.2 Å². The van der Waals surface area contributed by atoms with E-state index in [1.807, 2.05) is 30.3 Å². The Labute approximate surface area is 153 Å². The van der Waals surface area contributed by atoms with Crippen molar-refractivity contribution in [1.29, 1.82) is 0 Å². The van der Waals surface area contributed by atoms with Gasteiger partial charge in [-0.05, 0) is 39.2 Å². The van der Waals surface area contributed by atoms with Crippen LogP contribution in [0.1, 0.15) is 39.2 Å². The van der Waals surface area contributed by atoms with E-state index in [1.54, 1.807) is 20.8 Å². The number of rotatable bonds is 5. The van der Waals surface area contributed by atoms with Crippen LogP contribution >= 0.6 is 0 Å². The Morgan fingerprint density at radius 2 is 1.88 bits per heavy atom. The fraction of sp³-hybridized carbons (Fsp3) is 0.526. The van der Waals surface area contributed by atoms with Crippen molar-refractivity contribution < 1.29 is 24.2 Å². The van der Waals surface area contributed by atoms with Gasteiger partial charge in [-0.25, -0.2) is 9.59 Å². The van der Waals surface area contributed by atoms with Crippen LogP contribution in [0.25, 0.3) is 0 Å². The average molecular weight is 362 g/mol. The van der Waals surface area contributed by atoms with Gasteiger partial charge in [-0.1, -0.05) is 30.3 Å². The molecule has 7 heteroatoms. The second kappa shape index (κ2) is 7.76. The first-order valence-electron chi connectivity index (χ1n) is 8.69. The van der Waals surface area contributed by atoms with Gasteiger partial charge in [-0.2, -0.15) is 0 Å². The lowest BCUT2D eigenvalue weighted by Gasteiger charge is -2.35. The molecule has 0 bridgehead atoms. The van der Waals surface area contributed by atoms with Gasteiger partial charge in [0, 0.05) is 13.0 Å². The van der Waals surface area contributed by atoms with E-state index in [1.165, 1.54) is 4.90 Å². The normalized spacial score (nSPS) is 19.9. The van der Waals surface area contributed by atoms with E-state index < -0.39 is 29.1 Å². The molecule has 1 fully saturated rings. The molecule has 1 aliphatic heterocycles. The number of carboxylic acid groups (broad SMARTS) is 1. The highest BCUT2D eigenvalue weighted by Crippen LogP contribution is 2.33. The number of nitrogens with zero attached hydrogens (tertiary/aromatic N) is 1. The van der Waals surface area contributed by atoms with Gasteiger partial charge in [0.05, 0.1) is 0 Å². The van der Waals surface area contributed by atoms with Crippen molar-refractivity contribution in [1.82, 2.24) is 10.2 Å². The average Bonchev–Trinajstić information content (AvgIpc) is 2.97. The van der Waals surface area contributed by atoms with Crippen molar-refractivity contribution in [3.63, 3.8) is 0 Å². The molecule has 2 N–H and O–H groups in total. The summed E-state index contributed by atoms with van der Waals surface area (Å²) in [4.78, 5) is 37.8. The van der Waals surface area contributed by atoms with Crippen LogP contribution < -0.4 is 5.32 Å². The van der Waals surface area contributed by atoms with Crippen LogP contribution in [0.15, 0.2) is 30.3 Å². The van der Waals surface area contributed by atoms with E-state index in [2.05, 4.69) is 5.32 Å². The lowest BCUT2D eigenvalue weighted by Crippen LogP contribution is -2.56. The number of ether oxygens (including phenoxy) is 1. The quantitative estimate of drug-likeness (QED) is 0.837. The van der Waals surface area contributed by atoms with Gasteiger partial charge in [0.25, 0.3) is 0 Å². The molecule has 1 saturated heterocycles. The predicted molar refractivity (Wildman–Crippen MR) is 95.7 cm³/mol. The molecular weight excluding hydrogens is 336 g/mol. The Kier molecular flexibility index (Phi) is 5.90. The van der Waals surface area contributed by atoms with E-state index in [4.69, 9.17) is 4.74 Å². The number of amides is 2. The van der Waals surface area contributed by atoms with Gasteiger partial charge in [-0.15, -0.1) is 0 Å². The van der Waals surface area contributed by atoms with Gasteiger partial charge in [0.1, 0.15) is 17.7 Å². The standard InChI is InChI=1S/C19H26N2O5/c1-18(2,3)26-17(25)20-13-15(22)21-11-7-10-19(21,16(23)24)12-14-8-5-4-6-9-14/h4-6,8-9H,7,10-13H2,1-3H3,(H,20,25)(H,23,24)/t19-/m1/s1. The molecule has 1 aromatic carbocycles. The molecule has 2 amide bonds. The lowest BCUT2D eigenvalue weighted by molar-refractivity contribution is -0.156. The number of aliphatic carboxylic acids is 1. The summed E-state index contributed by atoms with van der Waals surface area (Å²) in [6.45, 7) is 5.24. The molecule has 7 nitrogen and oxygen atoms in total. The van der Waals surface area contributed by atoms with E-state index in [0.717, 1.165) is 5.56 Å². The molecule has 2 rings (SSSR count). The number of likely N-dealkylation sites (tertiary alicyclic amines) is 1. The Hall–Kier alpha value is -2.57. The zero-order chi connectivity index (χ0) is 19.4. The van der Waals surface area contributed by atoms with E-state index >= 15 is 0 Å². The summed E-state index contributed by atoms with van der Waals surface area (Å²) in [6, 6.07) is 9.25. The molecule has 0 aliphatic carbocycles. The van der Waals surface area contributed by atoms with Crippen LogP contribution in [0, 0.1) is 0 Å². The van der Waals surface area contributed by atoms with Crippen molar-refractivity contribution >= 4 is 18.0 Å². The number of carbonyl (C=O) groups is 3. The van der Waals surface area contributed by atoms with Crippen LogP contribution in [0.3, 0.4) is 0 Å². The number of benzene rings is 1. The third-order valence-corrected chi connectivity index (χ3v) is 4.31. The monoisotopic (exact) mass is 362 g/mol. The molecule has 142 valence electrons. The molecule has 0 saturated carbocycles. The number of carbonyl (C=O) groups excluding carboxylic acids is 2. The molecule has 26 heavy (non-hydrogen) atoms. The van der Waals surface area contributed by atoms with E-state index in [0.29, 0.717) is 19.4 Å². The van der Waals surface area contributed by atoms with Gasteiger partial charge in [0.2, 0.25) is 5.91 Å². The first-order valence-corrected chi connectivity index (χ1v) is 8.69. The van der Waals surface area contributed by atoms with Crippen molar-refractivity contribution in [2.24, 2.45) is 0 Å². The zero-order valence-corrected chi connectivity index (χ0v) is 15.4. The third kappa shape index (κ3) is 4.74. The minimum absolute atomic E-state index is 0.237.